The molecule has 140 valence electrons. The maximum atomic E-state index is 11.4. The summed E-state index contributed by atoms with van der Waals surface area (Å²) in [5, 5.41) is 20.8. The summed E-state index contributed by atoms with van der Waals surface area (Å²) in [5.74, 6) is 0.216. The van der Waals surface area contributed by atoms with Gasteiger partial charge in [0.05, 0.1) is 5.60 Å². The van der Waals surface area contributed by atoms with Crippen molar-refractivity contribution in [1.29, 1.82) is 0 Å². The Morgan fingerprint density at radius 2 is 1.96 bits per heavy atom. The van der Waals surface area contributed by atoms with Gasteiger partial charge in [-0.3, -0.25) is 0 Å². The Bertz CT molecular complexity index is 611. The minimum atomic E-state index is -1.11. The molecule has 5 nitrogen and oxygen atoms in total. The molecule has 0 radical (unpaired) electrons. The summed E-state index contributed by atoms with van der Waals surface area (Å²) in [6.07, 6.45) is 6.38. The van der Waals surface area contributed by atoms with Crippen LogP contribution >= 0.6 is 0 Å². The number of aliphatic hydroxyl groups is 2. The Balaban J connectivity index is 1.64. The van der Waals surface area contributed by atoms with Crippen molar-refractivity contribution in [2.45, 2.75) is 83.9 Å². The molecule has 0 aromatic carbocycles. The van der Waals surface area contributed by atoms with E-state index in [1.165, 1.54) is 12.5 Å². The Kier molecular flexibility index (Phi) is 3.88. The molecule has 6 unspecified atom stereocenters. The van der Waals surface area contributed by atoms with Crippen LogP contribution in [0.15, 0.2) is 11.6 Å². The lowest BCUT2D eigenvalue weighted by molar-refractivity contribution is -0.177. The van der Waals surface area contributed by atoms with Gasteiger partial charge in [-0.15, -0.1) is 0 Å². The van der Waals surface area contributed by atoms with Crippen LogP contribution in [0.4, 0.5) is 0 Å². The van der Waals surface area contributed by atoms with Crippen LogP contribution in [-0.2, 0) is 14.3 Å². The van der Waals surface area contributed by atoms with Gasteiger partial charge in [0.25, 0.3) is 0 Å². The number of carbonyl (C=O) groups excluding carboxylic acids is 1. The minimum absolute atomic E-state index is 0.205. The summed E-state index contributed by atoms with van der Waals surface area (Å²) in [6.45, 7) is 6.80. The van der Waals surface area contributed by atoms with Crippen molar-refractivity contribution in [3.63, 3.8) is 0 Å². The molecule has 1 saturated heterocycles. The van der Waals surface area contributed by atoms with Gasteiger partial charge in [0.2, 0.25) is 6.29 Å². The first kappa shape index (κ1) is 17.5. The van der Waals surface area contributed by atoms with Crippen molar-refractivity contribution in [1.82, 2.24) is 0 Å². The molecule has 1 spiro atoms. The highest BCUT2D eigenvalue weighted by molar-refractivity contribution is 5.85. The van der Waals surface area contributed by atoms with E-state index in [1.54, 1.807) is 0 Å². The zero-order valence-corrected chi connectivity index (χ0v) is 15.5. The summed E-state index contributed by atoms with van der Waals surface area (Å²) in [5.41, 5.74) is 0.329. The van der Waals surface area contributed by atoms with Gasteiger partial charge in [-0.1, -0.05) is 20.3 Å². The van der Waals surface area contributed by atoms with E-state index in [2.05, 4.69) is 20.8 Å². The smallest absolute Gasteiger partial charge is 0.333 e. The van der Waals surface area contributed by atoms with Crippen LogP contribution in [0.5, 0.6) is 0 Å². The SMILES string of the molecule is CC1(C)CCCC23C(O)OC(C)(CCC12)C3CCC1=CC(=O)OC1O. The van der Waals surface area contributed by atoms with E-state index >= 15 is 0 Å². The molecular formula is C20H30O5. The maximum absolute atomic E-state index is 11.4. The summed E-state index contributed by atoms with van der Waals surface area (Å²) in [7, 11) is 0. The standard InChI is InChI=1S/C20H30O5/c1-18(2)8-4-9-20-13(18)7-10-19(3,25-17(20)23)14(20)6-5-12-11-15(21)24-16(12)22/h11,13-14,16-17,22-23H,4-10H2,1-3H3. The first-order chi connectivity index (χ1) is 11.7. The maximum Gasteiger partial charge on any atom is 0.333 e. The predicted octanol–water partition coefficient (Wildman–Crippen LogP) is 2.90. The molecule has 6 atom stereocenters. The highest BCUT2D eigenvalue weighted by Gasteiger charge is 2.69. The zero-order valence-electron chi connectivity index (χ0n) is 15.5. The highest BCUT2D eigenvalue weighted by atomic mass is 16.6. The molecule has 2 bridgehead atoms. The zero-order chi connectivity index (χ0) is 18.0. The van der Waals surface area contributed by atoms with Gasteiger partial charge < -0.3 is 19.7 Å². The Morgan fingerprint density at radius 3 is 2.64 bits per heavy atom. The second-order valence-corrected chi connectivity index (χ2v) is 9.43. The van der Waals surface area contributed by atoms with Crippen LogP contribution in [0, 0.1) is 22.7 Å². The van der Waals surface area contributed by atoms with Gasteiger partial charge in [-0.05, 0) is 62.7 Å². The van der Waals surface area contributed by atoms with Gasteiger partial charge in [-0.25, -0.2) is 4.79 Å². The molecule has 0 aromatic heterocycles. The number of cyclic esters (lactones) is 1. The molecule has 4 rings (SSSR count). The van der Waals surface area contributed by atoms with Crippen molar-refractivity contribution < 1.29 is 24.5 Å². The third-order valence-corrected chi connectivity index (χ3v) is 7.75. The lowest BCUT2D eigenvalue weighted by Gasteiger charge is -2.58. The van der Waals surface area contributed by atoms with Gasteiger partial charge in [0, 0.05) is 17.1 Å². The highest BCUT2D eigenvalue weighted by Crippen LogP contribution is 2.69. The van der Waals surface area contributed by atoms with Crippen LogP contribution < -0.4 is 0 Å². The van der Waals surface area contributed by atoms with E-state index in [0.29, 0.717) is 17.9 Å². The van der Waals surface area contributed by atoms with Crippen molar-refractivity contribution in [3.8, 4) is 0 Å². The van der Waals surface area contributed by atoms with E-state index in [1.807, 2.05) is 0 Å². The average Bonchev–Trinajstić information content (AvgIpc) is 2.87. The van der Waals surface area contributed by atoms with E-state index in [-0.39, 0.29) is 22.3 Å². The molecule has 4 aliphatic rings. The molecule has 25 heavy (non-hydrogen) atoms. The summed E-state index contributed by atoms with van der Waals surface area (Å²) >= 11 is 0. The third-order valence-electron chi connectivity index (χ3n) is 7.75. The number of carbonyl (C=O) groups is 1. The van der Waals surface area contributed by atoms with Crippen molar-refractivity contribution in [3.05, 3.63) is 11.6 Å². The predicted molar refractivity (Wildman–Crippen MR) is 91.2 cm³/mol. The van der Waals surface area contributed by atoms with Crippen molar-refractivity contribution >= 4 is 5.97 Å². The topological polar surface area (TPSA) is 76.0 Å². The molecule has 3 fully saturated rings. The van der Waals surface area contributed by atoms with Crippen LogP contribution in [0.3, 0.4) is 0 Å². The normalized spacial score (nSPS) is 48.0. The summed E-state index contributed by atoms with van der Waals surface area (Å²) < 4.78 is 11.0. The van der Waals surface area contributed by atoms with Crippen LogP contribution in [-0.4, -0.2) is 34.4 Å². The molecule has 2 heterocycles. The van der Waals surface area contributed by atoms with E-state index in [4.69, 9.17) is 9.47 Å². The minimum Gasteiger partial charge on any atom is -0.429 e. The first-order valence-corrected chi connectivity index (χ1v) is 9.64. The first-order valence-electron chi connectivity index (χ1n) is 9.64. The van der Waals surface area contributed by atoms with Gasteiger partial charge >= 0.3 is 5.97 Å². The fraction of sp³-hybridized carbons (Fsp3) is 0.850. The largest absolute Gasteiger partial charge is 0.429 e. The van der Waals surface area contributed by atoms with Gasteiger partial charge in [-0.2, -0.15) is 0 Å². The third kappa shape index (κ3) is 2.42. The second-order valence-electron chi connectivity index (χ2n) is 9.43. The van der Waals surface area contributed by atoms with Crippen LogP contribution in [0.2, 0.25) is 0 Å². The fourth-order valence-corrected chi connectivity index (χ4v) is 6.67. The molecule has 2 N–H and O–H groups in total. The molecule has 2 saturated carbocycles. The number of hydrogen-bond acceptors (Lipinski definition) is 5. The molecule has 0 amide bonds. The second kappa shape index (κ2) is 5.54. The molecule has 0 aromatic rings. The lowest BCUT2D eigenvalue weighted by Crippen LogP contribution is -2.56. The van der Waals surface area contributed by atoms with E-state index in [9.17, 15) is 15.0 Å². The Morgan fingerprint density at radius 1 is 1.20 bits per heavy atom. The quantitative estimate of drug-likeness (QED) is 0.766. The van der Waals surface area contributed by atoms with Crippen LogP contribution in [0.1, 0.15) is 65.7 Å². The molecular weight excluding hydrogens is 320 g/mol. The van der Waals surface area contributed by atoms with Crippen LogP contribution in [0.25, 0.3) is 0 Å². The Hall–Kier alpha value is -0.910. The molecule has 2 aliphatic carbocycles. The summed E-state index contributed by atoms with van der Waals surface area (Å²) in [4.78, 5) is 11.4. The van der Waals surface area contributed by atoms with Gasteiger partial charge in [0.1, 0.15) is 0 Å². The monoisotopic (exact) mass is 350 g/mol. The molecule has 5 heteroatoms. The number of aliphatic hydroxyl groups excluding tert-OH is 2. The Labute approximate surface area is 149 Å². The van der Waals surface area contributed by atoms with Gasteiger partial charge in [0.15, 0.2) is 6.29 Å². The summed E-state index contributed by atoms with van der Waals surface area (Å²) in [6, 6.07) is 0. The number of rotatable bonds is 3. The number of hydrogen-bond donors (Lipinski definition) is 2. The fourth-order valence-electron chi connectivity index (χ4n) is 6.67. The van der Waals surface area contributed by atoms with Crippen molar-refractivity contribution in [2.75, 3.05) is 0 Å². The number of esters is 1. The number of fused-ring (bicyclic) bond motifs is 1. The average molecular weight is 350 g/mol. The molecule has 2 aliphatic heterocycles. The number of ether oxygens (including phenoxy) is 2. The van der Waals surface area contributed by atoms with E-state index in [0.717, 1.165) is 32.1 Å². The van der Waals surface area contributed by atoms with E-state index < -0.39 is 18.5 Å². The lowest BCUT2D eigenvalue weighted by atomic mass is 9.45. The van der Waals surface area contributed by atoms with Crippen molar-refractivity contribution in [2.24, 2.45) is 22.7 Å².